The van der Waals surface area contributed by atoms with Crippen LogP contribution in [0.2, 0.25) is 0 Å². The average Bonchev–Trinajstić information content (AvgIpc) is 2.38. The van der Waals surface area contributed by atoms with Crippen molar-refractivity contribution in [3.05, 3.63) is 38.0 Å². The van der Waals surface area contributed by atoms with Crippen molar-refractivity contribution < 1.29 is 0 Å². The smallest absolute Gasteiger partial charge is 0.0160 e. The highest BCUT2D eigenvalue weighted by Gasteiger charge is 2.44. The van der Waals surface area contributed by atoms with Crippen molar-refractivity contribution in [2.45, 2.75) is 6.42 Å². The van der Waals surface area contributed by atoms with Crippen molar-refractivity contribution >= 4 is 0 Å². The quantitative estimate of drug-likeness (QED) is 0.538. The minimum atomic E-state index is 0.371. The fourth-order valence-electron chi connectivity index (χ4n) is 4.05. The lowest BCUT2D eigenvalue weighted by Crippen LogP contribution is -2.61. The molecule has 1 N–H and O–H groups in total. The Hall–Kier alpha value is -0.900. The van der Waals surface area contributed by atoms with E-state index in [1.807, 2.05) is 18.2 Å². The molecule has 20 heavy (non-hydrogen) atoms. The first-order valence-electron chi connectivity index (χ1n) is 7.69. The number of hydrogen-bond donors (Lipinski definition) is 1. The molecule has 0 saturated carbocycles. The molecule has 0 aromatic carbocycles. The van der Waals surface area contributed by atoms with Crippen LogP contribution in [-0.2, 0) is 0 Å². The molecule has 2 aliphatic rings. The number of fused-ring (bicyclic) bond motifs is 2. The predicted octanol–water partition coefficient (Wildman–Crippen LogP) is 1.76. The lowest BCUT2D eigenvalue weighted by molar-refractivity contribution is -0.0265. The SMILES string of the molecule is C=CCNCC12CC(CN(CC=C)C1)CN(CC=C)C2. The highest BCUT2D eigenvalue weighted by Crippen LogP contribution is 2.38. The molecule has 0 amide bonds. The zero-order valence-electron chi connectivity index (χ0n) is 12.7. The summed E-state index contributed by atoms with van der Waals surface area (Å²) in [4.78, 5) is 5.14. The molecule has 2 fully saturated rings. The molecule has 2 rings (SSSR count). The van der Waals surface area contributed by atoms with E-state index >= 15 is 0 Å². The Morgan fingerprint density at radius 3 is 2.10 bits per heavy atom. The van der Waals surface area contributed by atoms with E-state index in [1.165, 1.54) is 32.6 Å². The van der Waals surface area contributed by atoms with Gasteiger partial charge in [-0.15, -0.1) is 19.7 Å². The Morgan fingerprint density at radius 1 is 1.00 bits per heavy atom. The molecule has 0 radical (unpaired) electrons. The maximum absolute atomic E-state index is 3.90. The van der Waals surface area contributed by atoms with Crippen molar-refractivity contribution in [1.82, 2.24) is 15.1 Å². The average molecular weight is 275 g/mol. The van der Waals surface area contributed by atoms with Gasteiger partial charge >= 0.3 is 0 Å². The summed E-state index contributed by atoms with van der Waals surface area (Å²) in [5, 5.41) is 3.55. The molecule has 0 aliphatic carbocycles. The molecule has 0 unspecified atom stereocenters. The van der Waals surface area contributed by atoms with Gasteiger partial charge in [0.25, 0.3) is 0 Å². The summed E-state index contributed by atoms with van der Waals surface area (Å²) >= 11 is 0. The van der Waals surface area contributed by atoms with Crippen LogP contribution in [-0.4, -0.2) is 62.2 Å². The van der Waals surface area contributed by atoms with Gasteiger partial charge in [0.15, 0.2) is 0 Å². The second-order valence-electron chi connectivity index (χ2n) is 6.46. The first kappa shape index (κ1) is 15.5. The van der Waals surface area contributed by atoms with Crippen molar-refractivity contribution in [2.24, 2.45) is 11.3 Å². The van der Waals surface area contributed by atoms with Crippen LogP contribution in [0.5, 0.6) is 0 Å². The molecule has 0 spiro atoms. The van der Waals surface area contributed by atoms with Crippen LogP contribution < -0.4 is 5.32 Å². The molecule has 0 atom stereocenters. The minimum absolute atomic E-state index is 0.371. The van der Waals surface area contributed by atoms with Crippen LogP contribution in [0.15, 0.2) is 38.0 Å². The number of hydrogen-bond acceptors (Lipinski definition) is 3. The predicted molar refractivity (Wildman–Crippen MR) is 86.9 cm³/mol. The second kappa shape index (κ2) is 7.21. The van der Waals surface area contributed by atoms with Crippen molar-refractivity contribution in [2.75, 3.05) is 52.4 Å². The third kappa shape index (κ3) is 3.81. The Bertz CT molecular complexity index is 328. The summed E-state index contributed by atoms with van der Waals surface area (Å²) in [5.74, 6) is 0.780. The number of nitrogens with one attached hydrogen (secondary N) is 1. The van der Waals surface area contributed by atoms with E-state index in [9.17, 15) is 0 Å². The van der Waals surface area contributed by atoms with Gasteiger partial charge in [-0.3, -0.25) is 9.80 Å². The molecule has 112 valence electrons. The van der Waals surface area contributed by atoms with Gasteiger partial charge in [0, 0.05) is 57.8 Å². The normalized spacial score (nSPS) is 30.9. The summed E-state index contributed by atoms with van der Waals surface area (Å²) in [6, 6.07) is 0. The van der Waals surface area contributed by atoms with E-state index in [4.69, 9.17) is 0 Å². The summed E-state index contributed by atoms with van der Waals surface area (Å²) in [6.45, 7) is 20.4. The summed E-state index contributed by atoms with van der Waals surface area (Å²) in [5.41, 5.74) is 0.371. The zero-order valence-corrected chi connectivity index (χ0v) is 12.7. The van der Waals surface area contributed by atoms with Gasteiger partial charge in [0.2, 0.25) is 0 Å². The van der Waals surface area contributed by atoms with Gasteiger partial charge in [0.05, 0.1) is 0 Å². The molecular weight excluding hydrogens is 246 g/mol. The number of piperidine rings is 2. The monoisotopic (exact) mass is 275 g/mol. The van der Waals surface area contributed by atoms with E-state index in [2.05, 4.69) is 34.9 Å². The maximum atomic E-state index is 3.90. The van der Waals surface area contributed by atoms with Crippen molar-refractivity contribution in [1.29, 1.82) is 0 Å². The third-order valence-electron chi connectivity index (χ3n) is 4.44. The van der Waals surface area contributed by atoms with Gasteiger partial charge in [0.1, 0.15) is 0 Å². The highest BCUT2D eigenvalue weighted by atomic mass is 15.2. The lowest BCUT2D eigenvalue weighted by atomic mass is 9.71. The van der Waals surface area contributed by atoms with Crippen LogP contribution >= 0.6 is 0 Å². The van der Waals surface area contributed by atoms with E-state index in [1.54, 1.807) is 0 Å². The van der Waals surface area contributed by atoms with Crippen LogP contribution in [0.3, 0.4) is 0 Å². The number of rotatable bonds is 8. The number of nitrogens with zero attached hydrogens (tertiary/aromatic N) is 2. The number of likely N-dealkylation sites (tertiary alicyclic amines) is 2. The molecule has 2 heterocycles. The Kier molecular flexibility index (Phi) is 5.58. The zero-order chi connectivity index (χ0) is 14.4. The molecule has 2 aliphatic heterocycles. The molecule has 3 nitrogen and oxygen atoms in total. The standard InChI is InChI=1S/C17H29N3/c1-4-7-18-13-17-10-16(11-19(14-17)8-5-2)12-20(15-17)9-6-3/h4-6,16,18H,1-3,7-15H2. The van der Waals surface area contributed by atoms with Gasteiger partial charge in [-0.05, 0) is 12.3 Å². The van der Waals surface area contributed by atoms with Crippen LogP contribution in [0.4, 0.5) is 0 Å². The van der Waals surface area contributed by atoms with Crippen LogP contribution in [0, 0.1) is 11.3 Å². The molecule has 2 bridgehead atoms. The molecule has 0 aromatic rings. The lowest BCUT2D eigenvalue weighted by Gasteiger charge is -2.53. The molecule has 2 saturated heterocycles. The van der Waals surface area contributed by atoms with Gasteiger partial charge < -0.3 is 5.32 Å². The Morgan fingerprint density at radius 2 is 1.60 bits per heavy atom. The minimum Gasteiger partial charge on any atom is -0.313 e. The van der Waals surface area contributed by atoms with Crippen molar-refractivity contribution in [3.8, 4) is 0 Å². The third-order valence-corrected chi connectivity index (χ3v) is 4.44. The Balaban J connectivity index is 2.05. The van der Waals surface area contributed by atoms with Crippen LogP contribution in [0.1, 0.15) is 6.42 Å². The fourth-order valence-corrected chi connectivity index (χ4v) is 4.05. The highest BCUT2D eigenvalue weighted by molar-refractivity contribution is 5.01. The summed E-state index contributed by atoms with van der Waals surface area (Å²) in [6.07, 6.45) is 7.36. The fraction of sp³-hybridized carbons (Fsp3) is 0.647. The second-order valence-corrected chi connectivity index (χ2v) is 6.46. The summed E-state index contributed by atoms with van der Waals surface area (Å²) < 4.78 is 0. The van der Waals surface area contributed by atoms with Crippen molar-refractivity contribution in [3.63, 3.8) is 0 Å². The van der Waals surface area contributed by atoms with Gasteiger partial charge in [-0.1, -0.05) is 18.2 Å². The summed E-state index contributed by atoms with van der Waals surface area (Å²) in [7, 11) is 0. The topological polar surface area (TPSA) is 18.5 Å². The van der Waals surface area contributed by atoms with Crippen LogP contribution in [0.25, 0.3) is 0 Å². The van der Waals surface area contributed by atoms with Gasteiger partial charge in [-0.2, -0.15) is 0 Å². The van der Waals surface area contributed by atoms with E-state index in [0.29, 0.717) is 5.41 Å². The van der Waals surface area contributed by atoms with E-state index in [0.717, 1.165) is 32.1 Å². The van der Waals surface area contributed by atoms with E-state index < -0.39 is 0 Å². The maximum Gasteiger partial charge on any atom is 0.0160 e. The molecular formula is C17H29N3. The first-order valence-corrected chi connectivity index (χ1v) is 7.69. The molecule has 0 aromatic heterocycles. The molecule has 3 heteroatoms. The van der Waals surface area contributed by atoms with E-state index in [-0.39, 0.29) is 0 Å². The Labute approximate surface area is 124 Å². The van der Waals surface area contributed by atoms with Gasteiger partial charge in [-0.25, -0.2) is 0 Å². The largest absolute Gasteiger partial charge is 0.313 e. The first-order chi connectivity index (χ1) is 9.71.